The second kappa shape index (κ2) is 5.08. The highest BCUT2D eigenvalue weighted by atomic mass is 15.2. The predicted octanol–water partition coefficient (Wildman–Crippen LogP) is 1.98. The van der Waals surface area contributed by atoms with E-state index in [2.05, 4.69) is 25.4 Å². The van der Waals surface area contributed by atoms with Crippen LogP contribution in [0.2, 0.25) is 0 Å². The Kier molecular flexibility index (Phi) is 3.12. The zero-order valence-electron chi connectivity index (χ0n) is 11.3. The van der Waals surface area contributed by atoms with Gasteiger partial charge in [0.05, 0.1) is 11.9 Å². The average Bonchev–Trinajstić information content (AvgIpc) is 2.94. The van der Waals surface area contributed by atoms with E-state index in [0.717, 1.165) is 22.6 Å². The third-order valence-corrected chi connectivity index (χ3v) is 2.90. The fraction of sp³-hybridized carbons (Fsp3) is 0.143. The minimum Gasteiger partial charge on any atom is -0.373 e. The summed E-state index contributed by atoms with van der Waals surface area (Å²) in [6.45, 7) is 0. The number of aryl methyl sites for hydroxylation is 1. The number of anilines is 1. The van der Waals surface area contributed by atoms with Crippen molar-refractivity contribution in [2.75, 3.05) is 12.4 Å². The fourth-order valence-corrected chi connectivity index (χ4v) is 1.90. The normalized spacial score (nSPS) is 10.5. The summed E-state index contributed by atoms with van der Waals surface area (Å²) in [5.41, 5.74) is 2.67. The van der Waals surface area contributed by atoms with Crippen molar-refractivity contribution in [3.63, 3.8) is 0 Å². The highest BCUT2D eigenvalue weighted by molar-refractivity contribution is 5.66. The molecule has 0 radical (unpaired) electrons. The van der Waals surface area contributed by atoms with Crippen molar-refractivity contribution in [2.24, 2.45) is 7.05 Å². The summed E-state index contributed by atoms with van der Waals surface area (Å²) in [5.74, 6) is 1.40. The van der Waals surface area contributed by atoms with E-state index in [-0.39, 0.29) is 0 Å². The lowest BCUT2D eigenvalue weighted by molar-refractivity contribution is 0.768. The molecular formula is C14H14N6. The Labute approximate surface area is 116 Å². The Morgan fingerprint density at radius 1 is 1.15 bits per heavy atom. The van der Waals surface area contributed by atoms with Crippen LogP contribution in [0.5, 0.6) is 0 Å². The van der Waals surface area contributed by atoms with Crippen LogP contribution in [0.3, 0.4) is 0 Å². The largest absolute Gasteiger partial charge is 0.373 e. The molecular weight excluding hydrogens is 252 g/mol. The second-order valence-corrected chi connectivity index (χ2v) is 4.36. The molecule has 0 aliphatic heterocycles. The van der Waals surface area contributed by atoms with Crippen molar-refractivity contribution in [2.45, 2.75) is 0 Å². The molecule has 6 heteroatoms. The summed E-state index contributed by atoms with van der Waals surface area (Å²) in [5, 5.41) is 7.23. The average molecular weight is 266 g/mol. The standard InChI is InChI=1S/C14H14N6/c1-15-13-6-12(11-8-17-20(2)9-11)18-14(19-13)10-4-3-5-16-7-10/h3-9H,1-2H3,(H,15,18,19). The van der Waals surface area contributed by atoms with Crippen LogP contribution in [0.15, 0.2) is 43.0 Å². The van der Waals surface area contributed by atoms with Crippen molar-refractivity contribution < 1.29 is 0 Å². The van der Waals surface area contributed by atoms with Crippen LogP contribution < -0.4 is 5.32 Å². The van der Waals surface area contributed by atoms with Crippen LogP contribution in [0.4, 0.5) is 5.82 Å². The molecule has 3 aromatic heterocycles. The van der Waals surface area contributed by atoms with Gasteiger partial charge in [-0.3, -0.25) is 9.67 Å². The molecule has 0 aromatic carbocycles. The maximum Gasteiger partial charge on any atom is 0.163 e. The minimum atomic E-state index is 0.642. The van der Waals surface area contributed by atoms with Gasteiger partial charge >= 0.3 is 0 Å². The number of aromatic nitrogens is 5. The smallest absolute Gasteiger partial charge is 0.163 e. The van der Waals surface area contributed by atoms with Crippen LogP contribution in [-0.4, -0.2) is 31.8 Å². The molecule has 0 amide bonds. The highest BCUT2D eigenvalue weighted by Gasteiger charge is 2.09. The fourth-order valence-electron chi connectivity index (χ4n) is 1.90. The van der Waals surface area contributed by atoms with Gasteiger partial charge in [-0.1, -0.05) is 0 Å². The van der Waals surface area contributed by atoms with Crippen molar-refractivity contribution >= 4 is 5.82 Å². The zero-order chi connectivity index (χ0) is 13.9. The molecule has 0 atom stereocenters. The van der Waals surface area contributed by atoms with Gasteiger partial charge in [-0.2, -0.15) is 5.10 Å². The Morgan fingerprint density at radius 2 is 2.05 bits per heavy atom. The van der Waals surface area contributed by atoms with Crippen molar-refractivity contribution in [3.05, 3.63) is 43.0 Å². The summed E-state index contributed by atoms with van der Waals surface area (Å²) >= 11 is 0. The summed E-state index contributed by atoms with van der Waals surface area (Å²) in [4.78, 5) is 13.2. The SMILES string of the molecule is CNc1cc(-c2cnn(C)c2)nc(-c2cccnc2)n1. The third kappa shape index (κ3) is 2.35. The van der Waals surface area contributed by atoms with E-state index in [1.807, 2.05) is 38.5 Å². The molecule has 0 saturated heterocycles. The summed E-state index contributed by atoms with van der Waals surface area (Å²) < 4.78 is 1.75. The van der Waals surface area contributed by atoms with Gasteiger partial charge in [-0.05, 0) is 12.1 Å². The lowest BCUT2D eigenvalue weighted by Gasteiger charge is -2.06. The first kappa shape index (κ1) is 12.3. The third-order valence-electron chi connectivity index (χ3n) is 2.90. The monoisotopic (exact) mass is 266 g/mol. The maximum absolute atomic E-state index is 4.59. The highest BCUT2D eigenvalue weighted by Crippen LogP contribution is 2.23. The van der Waals surface area contributed by atoms with E-state index < -0.39 is 0 Å². The van der Waals surface area contributed by atoms with Crippen molar-refractivity contribution in [1.82, 2.24) is 24.7 Å². The minimum absolute atomic E-state index is 0.642. The van der Waals surface area contributed by atoms with E-state index in [9.17, 15) is 0 Å². The van der Waals surface area contributed by atoms with Gasteiger partial charge in [0.15, 0.2) is 5.82 Å². The first-order chi connectivity index (χ1) is 9.76. The molecule has 3 heterocycles. The molecule has 1 N–H and O–H groups in total. The van der Waals surface area contributed by atoms with E-state index in [1.165, 1.54) is 0 Å². The molecule has 0 bridgehead atoms. The second-order valence-electron chi connectivity index (χ2n) is 4.36. The molecule has 3 aromatic rings. The maximum atomic E-state index is 4.59. The van der Waals surface area contributed by atoms with E-state index in [1.54, 1.807) is 23.3 Å². The first-order valence-electron chi connectivity index (χ1n) is 6.22. The molecule has 6 nitrogen and oxygen atoms in total. The Bertz CT molecular complexity index is 720. The Morgan fingerprint density at radius 3 is 2.70 bits per heavy atom. The van der Waals surface area contributed by atoms with E-state index in [4.69, 9.17) is 0 Å². The quantitative estimate of drug-likeness (QED) is 0.785. The number of hydrogen-bond donors (Lipinski definition) is 1. The zero-order valence-corrected chi connectivity index (χ0v) is 11.3. The van der Waals surface area contributed by atoms with Crippen LogP contribution in [0, 0.1) is 0 Å². The van der Waals surface area contributed by atoms with Gasteiger partial charge in [0.2, 0.25) is 0 Å². The number of pyridine rings is 1. The van der Waals surface area contributed by atoms with Crippen LogP contribution in [-0.2, 0) is 7.05 Å². The Balaban J connectivity index is 2.12. The summed E-state index contributed by atoms with van der Waals surface area (Å²) in [6, 6.07) is 5.71. The van der Waals surface area contributed by atoms with Gasteiger partial charge in [0.1, 0.15) is 5.82 Å². The topological polar surface area (TPSA) is 68.5 Å². The molecule has 0 fully saturated rings. The van der Waals surface area contributed by atoms with Crippen LogP contribution in [0.25, 0.3) is 22.6 Å². The van der Waals surface area contributed by atoms with Gasteiger partial charge in [-0.25, -0.2) is 9.97 Å². The van der Waals surface area contributed by atoms with E-state index in [0.29, 0.717) is 5.82 Å². The number of hydrogen-bond acceptors (Lipinski definition) is 5. The van der Waals surface area contributed by atoms with Crippen LogP contribution in [0.1, 0.15) is 0 Å². The molecule has 0 aliphatic carbocycles. The molecule has 0 aliphatic rings. The summed E-state index contributed by atoms with van der Waals surface area (Å²) in [6.07, 6.45) is 7.19. The first-order valence-corrected chi connectivity index (χ1v) is 6.22. The molecule has 20 heavy (non-hydrogen) atoms. The van der Waals surface area contributed by atoms with Gasteiger partial charge < -0.3 is 5.32 Å². The van der Waals surface area contributed by atoms with Crippen molar-refractivity contribution in [3.8, 4) is 22.6 Å². The number of nitrogens with one attached hydrogen (secondary N) is 1. The molecule has 3 rings (SSSR count). The lowest BCUT2D eigenvalue weighted by Crippen LogP contribution is -1.98. The molecule has 0 spiro atoms. The molecule has 100 valence electrons. The molecule has 0 unspecified atom stereocenters. The van der Waals surface area contributed by atoms with E-state index >= 15 is 0 Å². The van der Waals surface area contributed by atoms with Crippen LogP contribution >= 0.6 is 0 Å². The predicted molar refractivity (Wildman–Crippen MR) is 77.0 cm³/mol. The Hall–Kier alpha value is -2.76. The van der Waals surface area contributed by atoms with Gasteiger partial charge in [0.25, 0.3) is 0 Å². The van der Waals surface area contributed by atoms with Gasteiger partial charge in [0, 0.05) is 49.9 Å². The van der Waals surface area contributed by atoms with Crippen molar-refractivity contribution in [1.29, 1.82) is 0 Å². The number of nitrogens with zero attached hydrogens (tertiary/aromatic N) is 5. The lowest BCUT2D eigenvalue weighted by atomic mass is 10.2. The van der Waals surface area contributed by atoms with Gasteiger partial charge in [-0.15, -0.1) is 0 Å². The molecule has 0 saturated carbocycles. The summed E-state index contributed by atoms with van der Waals surface area (Å²) in [7, 11) is 3.72. The number of rotatable bonds is 3.